The Hall–Kier alpha value is -4.18. The van der Waals surface area contributed by atoms with Gasteiger partial charge in [-0.15, -0.1) is 0 Å². The summed E-state index contributed by atoms with van der Waals surface area (Å²) in [6, 6.07) is 30.4. The highest BCUT2D eigenvalue weighted by atomic mass is 16.2. The van der Waals surface area contributed by atoms with Gasteiger partial charge in [0.25, 0.3) is 5.91 Å². The number of aryl methyl sites for hydroxylation is 1. The first-order chi connectivity index (χ1) is 15.7. The minimum absolute atomic E-state index is 0.226. The van der Waals surface area contributed by atoms with Crippen LogP contribution >= 0.6 is 0 Å². The van der Waals surface area contributed by atoms with Crippen molar-refractivity contribution in [3.05, 3.63) is 119 Å². The molecule has 0 aliphatic carbocycles. The van der Waals surface area contributed by atoms with Crippen LogP contribution in [0.3, 0.4) is 0 Å². The molecule has 1 heterocycles. The SMILES string of the molecule is Cc1ccc(Cn2cc(/C=N\NC(=O)c3ccc4ccccc4c3)c3ccccc32)cc1. The molecular weight excluding hydrogens is 394 g/mol. The fourth-order valence-corrected chi connectivity index (χ4v) is 3.95. The standard InChI is InChI=1S/C28H23N3O/c1-20-10-12-21(13-11-20)18-31-19-25(26-8-4-5-9-27(26)31)17-29-30-28(32)24-15-14-22-6-2-3-7-23(22)16-24/h2-17,19H,18H2,1H3,(H,30,32)/b29-17-. The molecule has 4 aromatic carbocycles. The Bertz CT molecular complexity index is 1450. The third-order valence-electron chi connectivity index (χ3n) is 5.67. The van der Waals surface area contributed by atoms with Gasteiger partial charge in [0, 0.05) is 34.8 Å². The largest absolute Gasteiger partial charge is 0.342 e. The summed E-state index contributed by atoms with van der Waals surface area (Å²) in [4.78, 5) is 12.6. The molecule has 0 saturated carbocycles. The molecular formula is C28H23N3O. The van der Waals surface area contributed by atoms with Crippen LogP contribution in [0, 0.1) is 6.92 Å². The Morgan fingerprint density at radius 2 is 1.66 bits per heavy atom. The van der Waals surface area contributed by atoms with Crippen LogP contribution in [0.5, 0.6) is 0 Å². The first-order valence-electron chi connectivity index (χ1n) is 10.6. The van der Waals surface area contributed by atoms with E-state index in [0.29, 0.717) is 5.56 Å². The Morgan fingerprint density at radius 3 is 2.50 bits per heavy atom. The predicted octanol–water partition coefficient (Wildman–Crippen LogP) is 5.92. The zero-order valence-corrected chi connectivity index (χ0v) is 17.8. The summed E-state index contributed by atoms with van der Waals surface area (Å²) in [6.45, 7) is 2.87. The minimum Gasteiger partial charge on any atom is -0.342 e. The smallest absolute Gasteiger partial charge is 0.271 e. The topological polar surface area (TPSA) is 46.4 Å². The Balaban J connectivity index is 1.37. The van der Waals surface area contributed by atoms with Gasteiger partial charge in [0.2, 0.25) is 0 Å². The van der Waals surface area contributed by atoms with Crippen molar-refractivity contribution in [2.75, 3.05) is 0 Å². The molecule has 4 heteroatoms. The summed E-state index contributed by atoms with van der Waals surface area (Å²) >= 11 is 0. The van der Waals surface area contributed by atoms with Crippen molar-refractivity contribution in [1.29, 1.82) is 0 Å². The van der Waals surface area contributed by atoms with E-state index >= 15 is 0 Å². The number of nitrogens with zero attached hydrogens (tertiary/aromatic N) is 2. The highest BCUT2D eigenvalue weighted by Crippen LogP contribution is 2.21. The quantitative estimate of drug-likeness (QED) is 0.280. The van der Waals surface area contributed by atoms with Crippen molar-refractivity contribution < 1.29 is 4.79 Å². The number of benzene rings is 4. The highest BCUT2D eigenvalue weighted by Gasteiger charge is 2.08. The number of carbonyl (C=O) groups is 1. The van der Waals surface area contributed by atoms with Crippen molar-refractivity contribution in [3.8, 4) is 0 Å². The molecule has 5 rings (SSSR count). The van der Waals surface area contributed by atoms with Crippen molar-refractivity contribution in [1.82, 2.24) is 9.99 Å². The summed E-state index contributed by atoms with van der Waals surface area (Å²) in [5, 5.41) is 7.48. The van der Waals surface area contributed by atoms with Crippen LogP contribution < -0.4 is 5.43 Å². The molecule has 0 unspecified atom stereocenters. The number of nitrogens with one attached hydrogen (secondary N) is 1. The third kappa shape index (κ3) is 4.03. The molecule has 4 nitrogen and oxygen atoms in total. The molecule has 32 heavy (non-hydrogen) atoms. The normalized spacial score (nSPS) is 11.4. The molecule has 0 aliphatic heterocycles. The fourth-order valence-electron chi connectivity index (χ4n) is 3.95. The fraction of sp³-hybridized carbons (Fsp3) is 0.0714. The van der Waals surface area contributed by atoms with Crippen LogP contribution in [0.25, 0.3) is 21.7 Å². The molecule has 1 N–H and O–H groups in total. The molecule has 0 saturated heterocycles. The van der Waals surface area contributed by atoms with Crippen LogP contribution in [0.4, 0.5) is 0 Å². The number of hydrogen-bond acceptors (Lipinski definition) is 2. The number of carbonyl (C=O) groups excluding carboxylic acids is 1. The van der Waals surface area contributed by atoms with Gasteiger partial charge in [-0.3, -0.25) is 4.79 Å². The zero-order valence-electron chi connectivity index (χ0n) is 17.8. The van der Waals surface area contributed by atoms with Gasteiger partial charge in [-0.25, -0.2) is 5.43 Å². The summed E-state index contributed by atoms with van der Waals surface area (Å²) in [5.41, 5.74) is 7.84. The summed E-state index contributed by atoms with van der Waals surface area (Å²) in [7, 11) is 0. The monoisotopic (exact) mass is 417 g/mol. The van der Waals surface area contributed by atoms with Gasteiger partial charge in [-0.05, 0) is 41.5 Å². The van der Waals surface area contributed by atoms with Crippen LogP contribution in [-0.4, -0.2) is 16.7 Å². The molecule has 0 aliphatic rings. The van der Waals surface area contributed by atoms with Crippen LogP contribution in [-0.2, 0) is 6.54 Å². The minimum atomic E-state index is -0.226. The molecule has 1 amide bonds. The van der Waals surface area contributed by atoms with E-state index in [1.54, 1.807) is 6.21 Å². The lowest BCUT2D eigenvalue weighted by Crippen LogP contribution is -2.17. The molecule has 0 atom stereocenters. The van der Waals surface area contributed by atoms with Crippen molar-refractivity contribution in [2.24, 2.45) is 5.10 Å². The molecule has 0 bridgehead atoms. The summed E-state index contributed by atoms with van der Waals surface area (Å²) in [5.74, 6) is -0.226. The number of amides is 1. The second-order valence-corrected chi connectivity index (χ2v) is 7.98. The van der Waals surface area contributed by atoms with Gasteiger partial charge in [-0.2, -0.15) is 5.10 Å². The average Bonchev–Trinajstić information content (AvgIpc) is 3.17. The van der Waals surface area contributed by atoms with E-state index in [-0.39, 0.29) is 5.91 Å². The highest BCUT2D eigenvalue weighted by molar-refractivity contribution is 6.01. The maximum absolute atomic E-state index is 12.6. The van der Waals surface area contributed by atoms with Gasteiger partial charge in [0.1, 0.15) is 0 Å². The lowest BCUT2D eigenvalue weighted by molar-refractivity contribution is 0.0955. The van der Waals surface area contributed by atoms with Gasteiger partial charge in [0.05, 0.1) is 6.21 Å². The summed E-state index contributed by atoms with van der Waals surface area (Å²) in [6.07, 6.45) is 3.79. The first-order valence-corrected chi connectivity index (χ1v) is 10.6. The molecule has 0 spiro atoms. The summed E-state index contributed by atoms with van der Waals surface area (Å²) < 4.78 is 2.21. The maximum atomic E-state index is 12.6. The molecule has 0 fully saturated rings. The maximum Gasteiger partial charge on any atom is 0.271 e. The van der Waals surface area contributed by atoms with Gasteiger partial charge < -0.3 is 4.57 Å². The predicted molar refractivity (Wildman–Crippen MR) is 131 cm³/mol. The van der Waals surface area contributed by atoms with E-state index in [0.717, 1.165) is 33.8 Å². The van der Waals surface area contributed by atoms with E-state index in [4.69, 9.17) is 0 Å². The van der Waals surface area contributed by atoms with Gasteiger partial charge in [0.15, 0.2) is 0 Å². The number of aromatic nitrogens is 1. The van der Waals surface area contributed by atoms with E-state index in [1.807, 2.05) is 54.6 Å². The van der Waals surface area contributed by atoms with E-state index in [1.165, 1.54) is 11.1 Å². The van der Waals surface area contributed by atoms with Crippen LogP contribution in [0.1, 0.15) is 27.0 Å². The Kier molecular flexibility index (Phi) is 5.26. The molecule has 156 valence electrons. The lowest BCUT2D eigenvalue weighted by atomic mass is 10.1. The number of rotatable bonds is 5. The Labute approximate surface area is 186 Å². The number of fused-ring (bicyclic) bond motifs is 2. The third-order valence-corrected chi connectivity index (χ3v) is 5.67. The van der Waals surface area contributed by atoms with Crippen LogP contribution in [0.2, 0.25) is 0 Å². The van der Waals surface area contributed by atoms with E-state index < -0.39 is 0 Å². The lowest BCUT2D eigenvalue weighted by Gasteiger charge is -2.06. The number of para-hydroxylation sites is 1. The second kappa shape index (κ2) is 8.52. The van der Waals surface area contributed by atoms with Crippen molar-refractivity contribution in [3.63, 3.8) is 0 Å². The van der Waals surface area contributed by atoms with Gasteiger partial charge in [-0.1, -0.05) is 78.4 Å². The van der Waals surface area contributed by atoms with Crippen molar-refractivity contribution >= 4 is 33.8 Å². The van der Waals surface area contributed by atoms with E-state index in [9.17, 15) is 4.79 Å². The molecule has 1 aromatic heterocycles. The first kappa shape index (κ1) is 19.8. The number of hydrazone groups is 1. The average molecular weight is 418 g/mol. The van der Waals surface area contributed by atoms with Gasteiger partial charge >= 0.3 is 0 Å². The molecule has 0 radical (unpaired) electrons. The Morgan fingerprint density at radius 1 is 0.906 bits per heavy atom. The van der Waals surface area contributed by atoms with Crippen LogP contribution in [0.15, 0.2) is 102 Å². The zero-order chi connectivity index (χ0) is 21.9. The second-order valence-electron chi connectivity index (χ2n) is 7.98. The molecule has 5 aromatic rings. The number of hydrogen-bond donors (Lipinski definition) is 1. The van der Waals surface area contributed by atoms with Crippen molar-refractivity contribution in [2.45, 2.75) is 13.5 Å². The van der Waals surface area contributed by atoms with E-state index in [2.05, 4.69) is 64.6 Å².